The van der Waals surface area contributed by atoms with E-state index in [-0.39, 0.29) is 37.5 Å². The van der Waals surface area contributed by atoms with Crippen molar-refractivity contribution >= 4 is 47.3 Å². The molecule has 3 rings (SSSR count). The molecule has 0 spiro atoms. The molecule has 1 fully saturated rings. The fraction of sp³-hybridized carbons (Fsp3) is 0.595. The first-order chi connectivity index (χ1) is 25.6. The Bertz CT molecular complexity index is 1370. The molecule has 16 heteroatoms. The van der Waals surface area contributed by atoms with Crippen LogP contribution in [0.1, 0.15) is 72.1 Å². The number of Topliss-reactive ketones (excluding diaryl/α,β-unsaturated/α-hetero) is 1. The van der Waals surface area contributed by atoms with E-state index < -0.39 is 48.5 Å². The summed E-state index contributed by atoms with van der Waals surface area (Å²) in [6.45, 7) is 13.3. The van der Waals surface area contributed by atoms with Crippen LogP contribution >= 0.6 is 11.8 Å². The minimum atomic E-state index is -1.40. The molecule has 1 aromatic heterocycles. The Morgan fingerprint density at radius 1 is 0.887 bits per heavy atom. The SMILES string of the molecule is CC.CC.CCCC(=O)NC(Cc1cnc[nH]1)C(=O)NC(COC(=O)N1CCN(Cc2ccccc2)CC1)C(=O)NC(CCSC)C(=O)NCC(C)=O. The van der Waals surface area contributed by atoms with Gasteiger partial charge in [-0.3, -0.25) is 28.9 Å². The van der Waals surface area contributed by atoms with E-state index in [2.05, 4.69) is 36.1 Å². The number of thioether (sulfide) groups is 1. The quantitative estimate of drug-likeness (QED) is 0.142. The summed E-state index contributed by atoms with van der Waals surface area (Å²) < 4.78 is 5.57. The first kappa shape index (κ1) is 46.6. The number of ether oxygens (including phenoxy) is 1. The summed E-state index contributed by atoms with van der Waals surface area (Å²) in [7, 11) is 0. The number of hydrogen-bond acceptors (Lipinski definition) is 10. The summed E-state index contributed by atoms with van der Waals surface area (Å²) >= 11 is 1.47. The van der Waals surface area contributed by atoms with Gasteiger partial charge in [0.1, 0.15) is 30.5 Å². The van der Waals surface area contributed by atoms with Gasteiger partial charge in [0.25, 0.3) is 0 Å². The Balaban J connectivity index is 0.00000339. The van der Waals surface area contributed by atoms with Crippen LogP contribution < -0.4 is 21.3 Å². The van der Waals surface area contributed by atoms with Crippen LogP contribution in [0, 0.1) is 0 Å². The van der Waals surface area contributed by atoms with Gasteiger partial charge in [-0.25, -0.2) is 9.78 Å². The highest BCUT2D eigenvalue weighted by molar-refractivity contribution is 7.98. The van der Waals surface area contributed by atoms with Crippen LogP contribution in [0.3, 0.4) is 0 Å². The van der Waals surface area contributed by atoms with Crippen molar-refractivity contribution in [1.29, 1.82) is 0 Å². The van der Waals surface area contributed by atoms with Crippen LogP contribution in [0.25, 0.3) is 0 Å². The summed E-state index contributed by atoms with van der Waals surface area (Å²) in [6, 6.07) is 6.53. The highest BCUT2D eigenvalue weighted by Crippen LogP contribution is 2.10. The number of rotatable bonds is 19. The lowest BCUT2D eigenvalue weighted by Crippen LogP contribution is -2.59. The first-order valence-electron chi connectivity index (χ1n) is 18.4. The first-order valence-corrected chi connectivity index (χ1v) is 19.8. The minimum Gasteiger partial charge on any atom is -0.447 e. The summed E-state index contributed by atoms with van der Waals surface area (Å²) in [4.78, 5) is 87.9. The number of nitrogens with zero attached hydrogens (tertiary/aromatic N) is 3. The monoisotopic (exact) mass is 760 g/mol. The van der Waals surface area contributed by atoms with E-state index in [1.807, 2.05) is 71.2 Å². The Hall–Kier alpha value is -4.44. The second-order valence-corrected chi connectivity index (χ2v) is 12.8. The second-order valence-electron chi connectivity index (χ2n) is 11.8. The van der Waals surface area contributed by atoms with Gasteiger partial charge >= 0.3 is 6.09 Å². The van der Waals surface area contributed by atoms with Gasteiger partial charge < -0.3 is 35.9 Å². The van der Waals surface area contributed by atoms with E-state index >= 15 is 0 Å². The highest BCUT2D eigenvalue weighted by Gasteiger charge is 2.32. The number of H-pyrrole nitrogens is 1. The van der Waals surface area contributed by atoms with Gasteiger partial charge in [0, 0.05) is 57.5 Å². The van der Waals surface area contributed by atoms with E-state index in [9.17, 15) is 28.8 Å². The van der Waals surface area contributed by atoms with Crippen molar-refractivity contribution in [3.05, 3.63) is 54.1 Å². The van der Waals surface area contributed by atoms with Crippen molar-refractivity contribution in [2.75, 3.05) is 51.3 Å². The van der Waals surface area contributed by atoms with Crippen LogP contribution in [0.5, 0.6) is 0 Å². The number of carbonyl (C=O) groups is 6. The fourth-order valence-corrected chi connectivity index (χ4v) is 5.53. The molecule has 3 atom stereocenters. The van der Waals surface area contributed by atoms with Crippen molar-refractivity contribution in [3.63, 3.8) is 0 Å². The van der Waals surface area contributed by atoms with Crippen LogP contribution in [0.2, 0.25) is 0 Å². The van der Waals surface area contributed by atoms with Gasteiger partial charge in [-0.05, 0) is 37.3 Å². The second kappa shape index (κ2) is 27.2. The summed E-state index contributed by atoms with van der Waals surface area (Å²) in [5.41, 5.74) is 1.75. The minimum absolute atomic E-state index is 0.0620. The standard InChI is InChI=1S/C33H48N8O7S.2C2H6/c1-4-8-29(43)37-27(17-25-19-34-22-36-25)31(45)39-28(32(46)38-26(11-16-49-3)30(44)35-18-23(2)42)21-48-33(47)41-14-12-40(13-15-41)20-24-9-6-5-7-10-24;2*1-2/h5-7,9-10,19,22,26-28H,4,8,11-18,20-21H2,1-3H3,(H,34,36)(H,35,44)(H,37,43)(H,38,46)(H,39,45);2*1-2H3. The molecule has 0 aliphatic carbocycles. The van der Waals surface area contributed by atoms with Crippen LogP contribution in [0.4, 0.5) is 4.79 Å². The maximum absolute atomic E-state index is 13.7. The Morgan fingerprint density at radius 3 is 2.11 bits per heavy atom. The Labute approximate surface area is 318 Å². The third kappa shape index (κ3) is 18.2. The third-order valence-electron chi connectivity index (χ3n) is 7.75. The molecule has 5 amide bonds. The van der Waals surface area contributed by atoms with Crippen molar-refractivity contribution in [3.8, 4) is 0 Å². The average molecular weight is 761 g/mol. The summed E-state index contributed by atoms with van der Waals surface area (Å²) in [5.74, 6) is -2.09. The number of aromatic nitrogens is 2. The van der Waals surface area contributed by atoms with Gasteiger partial charge in [-0.2, -0.15) is 11.8 Å². The topological polar surface area (TPSA) is 195 Å². The van der Waals surface area contributed by atoms with Gasteiger partial charge in [0.05, 0.1) is 12.9 Å². The molecule has 53 heavy (non-hydrogen) atoms. The lowest BCUT2D eigenvalue weighted by Gasteiger charge is -2.34. The lowest BCUT2D eigenvalue weighted by atomic mass is 10.1. The highest BCUT2D eigenvalue weighted by atomic mass is 32.2. The van der Waals surface area contributed by atoms with Gasteiger partial charge in [-0.1, -0.05) is 65.0 Å². The third-order valence-corrected chi connectivity index (χ3v) is 8.39. The zero-order chi connectivity index (χ0) is 39.6. The molecular weight excluding hydrogens is 701 g/mol. The number of ketones is 1. The number of imidazole rings is 1. The van der Waals surface area contributed by atoms with E-state index in [4.69, 9.17) is 4.74 Å². The van der Waals surface area contributed by atoms with Crippen molar-refractivity contribution < 1.29 is 33.5 Å². The Kier molecular flexibility index (Phi) is 23.9. The van der Waals surface area contributed by atoms with Crippen LogP contribution in [-0.2, 0) is 41.7 Å². The molecule has 0 bridgehead atoms. The van der Waals surface area contributed by atoms with Crippen molar-refractivity contribution in [1.82, 2.24) is 41.0 Å². The predicted molar refractivity (Wildman–Crippen MR) is 207 cm³/mol. The van der Waals surface area contributed by atoms with E-state index in [0.29, 0.717) is 44.0 Å². The molecule has 15 nitrogen and oxygen atoms in total. The molecule has 296 valence electrons. The number of carbonyl (C=O) groups excluding carboxylic acids is 6. The molecule has 1 aromatic carbocycles. The maximum atomic E-state index is 13.7. The number of piperazine rings is 1. The van der Waals surface area contributed by atoms with E-state index in [1.54, 1.807) is 4.90 Å². The van der Waals surface area contributed by atoms with E-state index in [1.165, 1.54) is 36.8 Å². The fourth-order valence-electron chi connectivity index (χ4n) is 5.06. The zero-order valence-corrected chi connectivity index (χ0v) is 33.2. The van der Waals surface area contributed by atoms with Crippen LogP contribution in [0.15, 0.2) is 42.9 Å². The molecule has 1 saturated heterocycles. The zero-order valence-electron chi connectivity index (χ0n) is 32.4. The largest absolute Gasteiger partial charge is 0.447 e. The number of nitrogens with one attached hydrogen (secondary N) is 5. The molecule has 2 aromatic rings. The molecule has 0 radical (unpaired) electrons. The number of aromatic amines is 1. The average Bonchev–Trinajstić information content (AvgIpc) is 3.69. The summed E-state index contributed by atoms with van der Waals surface area (Å²) in [6.07, 6.45) is 5.24. The molecule has 5 N–H and O–H groups in total. The smallest absolute Gasteiger partial charge is 0.409 e. The molecule has 3 unspecified atom stereocenters. The Morgan fingerprint density at radius 2 is 1.53 bits per heavy atom. The van der Waals surface area contributed by atoms with Gasteiger partial charge in [-0.15, -0.1) is 0 Å². The van der Waals surface area contributed by atoms with Gasteiger partial charge in [0.2, 0.25) is 23.6 Å². The van der Waals surface area contributed by atoms with Crippen LogP contribution in [-0.4, -0.2) is 125 Å². The maximum Gasteiger partial charge on any atom is 0.409 e. The lowest BCUT2D eigenvalue weighted by molar-refractivity contribution is -0.134. The molecule has 2 heterocycles. The molecular formula is C37H60N8O7S. The number of benzene rings is 1. The van der Waals surface area contributed by atoms with Crippen molar-refractivity contribution in [2.24, 2.45) is 0 Å². The normalized spacial score (nSPS) is 14.1. The number of amides is 5. The summed E-state index contributed by atoms with van der Waals surface area (Å²) in [5, 5.41) is 10.5. The molecule has 1 aliphatic heterocycles. The van der Waals surface area contributed by atoms with Gasteiger partial charge in [0.15, 0.2) is 0 Å². The number of hydrogen-bond donors (Lipinski definition) is 5. The molecule has 1 aliphatic rings. The van der Waals surface area contributed by atoms with Crippen molar-refractivity contribution in [2.45, 2.75) is 91.9 Å². The molecule has 0 saturated carbocycles. The van der Waals surface area contributed by atoms with E-state index in [0.717, 1.165) is 6.54 Å². The predicted octanol–water partition coefficient (Wildman–Crippen LogP) is 2.67.